The van der Waals surface area contributed by atoms with Gasteiger partial charge in [0.25, 0.3) is 0 Å². The van der Waals surface area contributed by atoms with Gasteiger partial charge >= 0.3 is 69.5 Å². The average molecular weight is 395 g/mol. The Labute approximate surface area is 103 Å². The molecule has 70 valence electrons. The molecule has 0 unspecified atom stereocenters. The summed E-state index contributed by atoms with van der Waals surface area (Å²) in [7, 11) is 0. The van der Waals surface area contributed by atoms with Crippen LogP contribution in [0.2, 0.25) is 8.87 Å². The second-order valence-corrected chi connectivity index (χ2v) is 6.74. The fourth-order valence-electron chi connectivity index (χ4n) is 0.729. The number of hydrogen-bond acceptors (Lipinski definition) is 0. The standard InChI is InChI=1S/2C4H9.2BrH.Sn/c2*1-3-4-2;;;/h2*1,3-4H2,2H3;2*1H;. The number of halogens is 2. The Balaban J connectivity index is -0.000000320. The first-order valence-corrected chi connectivity index (χ1v) is 8.16. The maximum atomic E-state index is 2.29. The summed E-state index contributed by atoms with van der Waals surface area (Å²) in [6, 6.07) is 0. The van der Waals surface area contributed by atoms with Crippen LogP contribution in [0.25, 0.3) is 0 Å². The molecule has 0 saturated heterocycles. The fraction of sp³-hybridized carbons (Fsp3) is 1.00. The van der Waals surface area contributed by atoms with Gasteiger partial charge in [-0.15, -0.1) is 34.0 Å². The summed E-state index contributed by atoms with van der Waals surface area (Å²) in [4.78, 5) is 0. The van der Waals surface area contributed by atoms with Crippen molar-refractivity contribution in [1.82, 2.24) is 0 Å². The minimum absolute atomic E-state index is 0. The van der Waals surface area contributed by atoms with Crippen molar-refractivity contribution in [1.29, 1.82) is 0 Å². The molecule has 0 amide bonds. The second kappa shape index (κ2) is 17.7. The minimum atomic E-state index is 0. The van der Waals surface area contributed by atoms with Gasteiger partial charge in [0.05, 0.1) is 0 Å². The molecule has 0 aliphatic heterocycles. The summed E-state index contributed by atoms with van der Waals surface area (Å²) >= 11 is 0.149. The van der Waals surface area contributed by atoms with Crippen molar-refractivity contribution in [2.45, 2.75) is 48.4 Å². The summed E-state index contributed by atoms with van der Waals surface area (Å²) in [6.07, 6.45) is 5.84. The van der Waals surface area contributed by atoms with Gasteiger partial charge in [0.2, 0.25) is 0 Å². The van der Waals surface area contributed by atoms with E-state index in [-0.39, 0.29) is 55.1 Å². The first-order chi connectivity index (χ1) is 4.41. The molecule has 0 aliphatic rings. The Morgan fingerprint density at radius 3 is 1.45 bits per heavy atom. The molecule has 11 heavy (non-hydrogen) atoms. The van der Waals surface area contributed by atoms with Crippen LogP contribution in [0, 0.1) is 0 Å². The van der Waals surface area contributed by atoms with Crippen LogP contribution in [-0.4, -0.2) is 21.1 Å². The van der Waals surface area contributed by atoms with E-state index in [1.807, 2.05) is 0 Å². The Bertz CT molecular complexity index is 45.4. The Hall–Kier alpha value is 1.76. The van der Waals surface area contributed by atoms with Gasteiger partial charge in [-0.25, -0.2) is 0 Å². The number of rotatable bonds is 6. The molecule has 0 fully saturated rings. The van der Waals surface area contributed by atoms with Gasteiger partial charge in [-0.05, 0) is 0 Å². The molecule has 0 heterocycles. The van der Waals surface area contributed by atoms with Crippen LogP contribution in [0.4, 0.5) is 0 Å². The van der Waals surface area contributed by atoms with Gasteiger partial charge in [-0.3, -0.25) is 0 Å². The van der Waals surface area contributed by atoms with E-state index in [2.05, 4.69) is 13.8 Å². The maximum absolute atomic E-state index is 2.29. The molecule has 0 rings (SSSR count). The molecule has 0 aliphatic carbocycles. The van der Waals surface area contributed by atoms with Gasteiger partial charge < -0.3 is 0 Å². The van der Waals surface area contributed by atoms with Gasteiger partial charge in [0, 0.05) is 0 Å². The summed E-state index contributed by atoms with van der Waals surface area (Å²) in [5, 5.41) is 0. The van der Waals surface area contributed by atoms with Crippen molar-refractivity contribution < 1.29 is 0 Å². The second-order valence-electron chi connectivity index (χ2n) is 2.46. The first-order valence-electron chi connectivity index (χ1n) is 4.12. The molecule has 0 atom stereocenters. The molecule has 0 spiro atoms. The van der Waals surface area contributed by atoms with Crippen molar-refractivity contribution in [3.05, 3.63) is 0 Å². The quantitative estimate of drug-likeness (QED) is 0.466. The molecule has 2 radical (unpaired) electrons. The van der Waals surface area contributed by atoms with E-state index in [0.29, 0.717) is 0 Å². The van der Waals surface area contributed by atoms with E-state index in [0.717, 1.165) is 0 Å². The molecule has 0 aromatic carbocycles. The van der Waals surface area contributed by atoms with Crippen molar-refractivity contribution >= 4 is 55.1 Å². The molecule has 3 heteroatoms. The predicted molar refractivity (Wildman–Crippen MR) is 65.8 cm³/mol. The topological polar surface area (TPSA) is 0 Å². The van der Waals surface area contributed by atoms with Crippen molar-refractivity contribution in [3.8, 4) is 0 Å². The van der Waals surface area contributed by atoms with Crippen molar-refractivity contribution in [2.75, 3.05) is 0 Å². The van der Waals surface area contributed by atoms with Gasteiger partial charge in [-0.2, -0.15) is 0 Å². The normalized spacial score (nSPS) is 8.18. The molecule has 0 aromatic rings. The van der Waals surface area contributed by atoms with Crippen LogP contribution in [0.15, 0.2) is 0 Å². The summed E-state index contributed by atoms with van der Waals surface area (Å²) in [5.74, 6) is 0. The third-order valence-corrected chi connectivity index (χ3v) is 5.45. The third kappa shape index (κ3) is 18.6. The molecule has 0 bridgehead atoms. The molecule has 0 saturated carbocycles. The molecule has 0 nitrogen and oxygen atoms in total. The Morgan fingerprint density at radius 1 is 0.818 bits per heavy atom. The number of unbranched alkanes of at least 4 members (excludes halogenated alkanes) is 2. The van der Waals surface area contributed by atoms with Crippen LogP contribution in [0.3, 0.4) is 0 Å². The van der Waals surface area contributed by atoms with E-state index in [1.165, 1.54) is 25.7 Å². The predicted octanol–water partition coefficient (Wildman–Crippen LogP) is 4.28. The van der Waals surface area contributed by atoms with Crippen LogP contribution >= 0.6 is 34.0 Å². The van der Waals surface area contributed by atoms with Gasteiger partial charge in [-0.1, -0.05) is 0 Å². The molecular weight excluding hydrogens is 375 g/mol. The fourth-order valence-corrected chi connectivity index (χ4v) is 4.89. The van der Waals surface area contributed by atoms with E-state index in [4.69, 9.17) is 0 Å². The van der Waals surface area contributed by atoms with Crippen LogP contribution in [0.1, 0.15) is 39.5 Å². The zero-order valence-electron chi connectivity index (χ0n) is 7.56. The zero-order valence-corrected chi connectivity index (χ0v) is 13.8. The monoisotopic (exact) mass is 394 g/mol. The van der Waals surface area contributed by atoms with Gasteiger partial charge in [0.1, 0.15) is 0 Å². The third-order valence-electron chi connectivity index (χ3n) is 1.41. The molecule has 0 aromatic heterocycles. The van der Waals surface area contributed by atoms with E-state index < -0.39 is 0 Å². The van der Waals surface area contributed by atoms with Crippen molar-refractivity contribution in [2.24, 2.45) is 0 Å². The number of hydrogen-bond donors (Lipinski definition) is 0. The van der Waals surface area contributed by atoms with Crippen LogP contribution in [0.5, 0.6) is 0 Å². The summed E-state index contributed by atoms with van der Waals surface area (Å²) < 4.78 is 3.25. The van der Waals surface area contributed by atoms with Crippen LogP contribution < -0.4 is 0 Å². The van der Waals surface area contributed by atoms with E-state index in [1.54, 1.807) is 8.87 Å². The van der Waals surface area contributed by atoms with E-state index >= 15 is 0 Å². The van der Waals surface area contributed by atoms with Crippen LogP contribution in [-0.2, 0) is 0 Å². The van der Waals surface area contributed by atoms with Crippen molar-refractivity contribution in [3.63, 3.8) is 0 Å². The first kappa shape index (κ1) is 18.5. The Morgan fingerprint density at radius 2 is 1.18 bits per heavy atom. The molecular formula is C8H20Br2Sn. The zero-order chi connectivity index (χ0) is 6.95. The Kier molecular flexibility index (Phi) is 29.9. The van der Waals surface area contributed by atoms with E-state index in [9.17, 15) is 0 Å². The molecule has 0 N–H and O–H groups in total. The summed E-state index contributed by atoms with van der Waals surface area (Å²) in [5.41, 5.74) is 0. The van der Waals surface area contributed by atoms with Gasteiger partial charge in [0.15, 0.2) is 0 Å². The summed E-state index contributed by atoms with van der Waals surface area (Å²) in [6.45, 7) is 4.58. The SMILES string of the molecule is Br.Br.CCC[CH2][Sn][CH2]CCC. The average Bonchev–Trinajstić information content (AvgIpc) is 1.89.